The van der Waals surface area contributed by atoms with Crippen molar-refractivity contribution in [3.05, 3.63) is 23.3 Å². The van der Waals surface area contributed by atoms with Crippen LogP contribution >= 0.6 is 0 Å². The molecule has 1 aliphatic rings. The van der Waals surface area contributed by atoms with Gasteiger partial charge in [-0.3, -0.25) is 9.89 Å². The predicted octanol–water partition coefficient (Wildman–Crippen LogP) is 2.38. The number of aromatic amines is 1. The fourth-order valence-corrected chi connectivity index (χ4v) is 2.29. The molecule has 0 atom stereocenters. The summed E-state index contributed by atoms with van der Waals surface area (Å²) >= 11 is 0. The summed E-state index contributed by atoms with van der Waals surface area (Å²) in [4.78, 5) is 16.0. The molecule has 0 unspecified atom stereocenters. The number of aryl methyl sites for hydroxylation is 1. The Bertz CT molecular complexity index is 450. The highest BCUT2D eigenvalue weighted by molar-refractivity contribution is 5.90. The smallest absolute Gasteiger partial charge is 0.290 e. The Hall–Kier alpha value is -1.65. The number of H-pyrrole nitrogens is 1. The molecule has 0 bridgehead atoms. The van der Waals surface area contributed by atoms with E-state index in [4.69, 9.17) is 0 Å². The Kier molecular flexibility index (Phi) is 5.12. The maximum Gasteiger partial charge on any atom is 0.290 e. The molecule has 0 aromatic carbocycles. The second-order valence-electron chi connectivity index (χ2n) is 4.97. The third-order valence-corrected chi connectivity index (χ3v) is 3.34. The monoisotopic (exact) mass is 262 g/mol. The summed E-state index contributed by atoms with van der Waals surface area (Å²) in [5.74, 6) is 0.846. The highest BCUT2D eigenvalue weighted by Crippen LogP contribution is 2.19. The lowest BCUT2D eigenvalue weighted by molar-refractivity contribution is 0.0944. The van der Waals surface area contributed by atoms with E-state index < -0.39 is 0 Å². The van der Waals surface area contributed by atoms with Gasteiger partial charge in [-0.25, -0.2) is 4.98 Å². The lowest BCUT2D eigenvalue weighted by Crippen LogP contribution is -2.26. The van der Waals surface area contributed by atoms with E-state index in [0.717, 1.165) is 25.1 Å². The molecule has 2 rings (SSSR count). The summed E-state index contributed by atoms with van der Waals surface area (Å²) in [6, 6.07) is 0. The van der Waals surface area contributed by atoms with Crippen LogP contribution in [0.2, 0.25) is 0 Å². The molecule has 1 aromatic heterocycles. The van der Waals surface area contributed by atoms with Crippen molar-refractivity contribution < 1.29 is 4.79 Å². The molecule has 0 fully saturated rings. The predicted molar refractivity (Wildman–Crippen MR) is 73.9 cm³/mol. The summed E-state index contributed by atoms with van der Waals surface area (Å²) in [7, 11) is 0. The van der Waals surface area contributed by atoms with E-state index >= 15 is 0 Å². The van der Waals surface area contributed by atoms with E-state index in [0.29, 0.717) is 6.54 Å². The van der Waals surface area contributed by atoms with Crippen LogP contribution in [0.5, 0.6) is 0 Å². The second-order valence-corrected chi connectivity index (χ2v) is 4.97. The molecule has 1 aliphatic carbocycles. The summed E-state index contributed by atoms with van der Waals surface area (Å²) in [6.07, 6.45) is 10.0. The van der Waals surface area contributed by atoms with Gasteiger partial charge in [0.05, 0.1) is 0 Å². The Morgan fingerprint density at radius 1 is 1.42 bits per heavy atom. The SMILES string of the molecule is CCCc1nc(C(=O)NCCC2=CCCCC2)n[nH]1. The zero-order valence-corrected chi connectivity index (χ0v) is 11.5. The van der Waals surface area contributed by atoms with E-state index in [2.05, 4.69) is 33.5 Å². The van der Waals surface area contributed by atoms with Gasteiger partial charge in [-0.1, -0.05) is 18.6 Å². The first-order chi connectivity index (χ1) is 9.29. The van der Waals surface area contributed by atoms with Crippen molar-refractivity contribution in [1.82, 2.24) is 20.5 Å². The Labute approximate surface area is 113 Å². The average Bonchev–Trinajstić information content (AvgIpc) is 2.89. The molecule has 0 aliphatic heterocycles. The zero-order chi connectivity index (χ0) is 13.5. The largest absolute Gasteiger partial charge is 0.349 e. The van der Waals surface area contributed by atoms with E-state index in [1.165, 1.54) is 31.3 Å². The number of rotatable bonds is 6. The normalized spacial score (nSPS) is 15.1. The quantitative estimate of drug-likeness (QED) is 0.773. The standard InChI is InChI=1S/C14H22N4O/c1-2-6-12-16-13(18-17-12)14(19)15-10-9-11-7-4-3-5-8-11/h7H,2-6,8-10H2,1H3,(H,15,19)(H,16,17,18). The Morgan fingerprint density at radius 2 is 2.32 bits per heavy atom. The van der Waals surface area contributed by atoms with E-state index in [-0.39, 0.29) is 11.7 Å². The van der Waals surface area contributed by atoms with Crippen LogP contribution in [0, 0.1) is 0 Å². The van der Waals surface area contributed by atoms with Crippen molar-refractivity contribution in [2.45, 2.75) is 51.9 Å². The average molecular weight is 262 g/mol. The number of carbonyl (C=O) groups is 1. The molecule has 1 amide bonds. The van der Waals surface area contributed by atoms with Crippen molar-refractivity contribution in [2.24, 2.45) is 0 Å². The van der Waals surface area contributed by atoms with Gasteiger partial charge in [-0.05, 0) is 38.5 Å². The number of allylic oxidation sites excluding steroid dienone is 1. The summed E-state index contributed by atoms with van der Waals surface area (Å²) in [6.45, 7) is 2.74. The maximum absolute atomic E-state index is 11.8. The maximum atomic E-state index is 11.8. The lowest BCUT2D eigenvalue weighted by Gasteiger charge is -2.12. The minimum absolute atomic E-state index is 0.185. The van der Waals surface area contributed by atoms with Gasteiger partial charge in [0, 0.05) is 13.0 Å². The number of nitrogens with one attached hydrogen (secondary N) is 2. The van der Waals surface area contributed by atoms with Gasteiger partial charge in [0.25, 0.3) is 5.91 Å². The van der Waals surface area contributed by atoms with E-state index in [9.17, 15) is 4.79 Å². The Morgan fingerprint density at radius 3 is 3.05 bits per heavy atom. The van der Waals surface area contributed by atoms with Crippen molar-refractivity contribution in [1.29, 1.82) is 0 Å². The van der Waals surface area contributed by atoms with Crippen molar-refractivity contribution in [2.75, 3.05) is 6.54 Å². The van der Waals surface area contributed by atoms with Crippen molar-refractivity contribution in [3.8, 4) is 0 Å². The fraction of sp³-hybridized carbons (Fsp3) is 0.643. The Balaban J connectivity index is 1.75. The first kappa shape index (κ1) is 13.8. The molecule has 0 radical (unpaired) electrons. The van der Waals surface area contributed by atoms with Crippen molar-refractivity contribution in [3.63, 3.8) is 0 Å². The number of carbonyl (C=O) groups excluding carboxylic acids is 1. The van der Waals surface area contributed by atoms with Crippen LogP contribution in [-0.4, -0.2) is 27.6 Å². The topological polar surface area (TPSA) is 70.7 Å². The summed E-state index contributed by atoms with van der Waals surface area (Å²) in [5, 5.41) is 9.61. The second kappa shape index (κ2) is 7.07. The number of aromatic nitrogens is 3. The molecule has 0 saturated heterocycles. The third-order valence-electron chi connectivity index (χ3n) is 3.34. The first-order valence-corrected chi connectivity index (χ1v) is 7.17. The molecule has 5 heteroatoms. The highest BCUT2D eigenvalue weighted by Gasteiger charge is 2.12. The first-order valence-electron chi connectivity index (χ1n) is 7.17. The van der Waals surface area contributed by atoms with Crippen LogP contribution in [0.4, 0.5) is 0 Å². The van der Waals surface area contributed by atoms with Gasteiger partial charge in [-0.2, -0.15) is 0 Å². The molecular formula is C14H22N4O. The molecule has 0 saturated carbocycles. The molecule has 5 nitrogen and oxygen atoms in total. The number of hydrogen-bond acceptors (Lipinski definition) is 3. The van der Waals surface area contributed by atoms with Gasteiger partial charge >= 0.3 is 0 Å². The van der Waals surface area contributed by atoms with Crippen LogP contribution in [0.3, 0.4) is 0 Å². The zero-order valence-electron chi connectivity index (χ0n) is 11.5. The molecule has 104 valence electrons. The minimum Gasteiger partial charge on any atom is -0.349 e. The van der Waals surface area contributed by atoms with Gasteiger partial charge in [0.15, 0.2) is 0 Å². The van der Waals surface area contributed by atoms with E-state index in [1.54, 1.807) is 0 Å². The molecule has 0 spiro atoms. The highest BCUT2D eigenvalue weighted by atomic mass is 16.2. The minimum atomic E-state index is -0.185. The molecule has 1 heterocycles. The molecule has 1 aromatic rings. The van der Waals surface area contributed by atoms with Crippen LogP contribution < -0.4 is 5.32 Å². The third kappa shape index (κ3) is 4.19. The number of nitrogens with zero attached hydrogens (tertiary/aromatic N) is 2. The molecule has 2 N–H and O–H groups in total. The summed E-state index contributed by atoms with van der Waals surface area (Å²) < 4.78 is 0. The lowest BCUT2D eigenvalue weighted by atomic mass is 9.97. The van der Waals surface area contributed by atoms with Gasteiger partial charge in [0.1, 0.15) is 5.82 Å². The number of hydrogen-bond donors (Lipinski definition) is 2. The van der Waals surface area contributed by atoms with E-state index in [1.807, 2.05) is 0 Å². The van der Waals surface area contributed by atoms with Crippen LogP contribution in [0.1, 0.15) is 61.9 Å². The van der Waals surface area contributed by atoms with Gasteiger partial charge in [0.2, 0.25) is 5.82 Å². The summed E-state index contributed by atoms with van der Waals surface area (Å²) in [5.41, 5.74) is 1.47. The van der Waals surface area contributed by atoms with Crippen LogP contribution in [0.15, 0.2) is 11.6 Å². The molecule has 19 heavy (non-hydrogen) atoms. The molecular weight excluding hydrogens is 240 g/mol. The van der Waals surface area contributed by atoms with Gasteiger partial charge < -0.3 is 5.32 Å². The van der Waals surface area contributed by atoms with Gasteiger partial charge in [-0.15, -0.1) is 5.10 Å². The van der Waals surface area contributed by atoms with Crippen molar-refractivity contribution >= 4 is 5.91 Å². The van der Waals surface area contributed by atoms with Crippen LogP contribution in [-0.2, 0) is 6.42 Å². The fourth-order valence-electron chi connectivity index (χ4n) is 2.29. The van der Waals surface area contributed by atoms with Crippen LogP contribution in [0.25, 0.3) is 0 Å². The number of amides is 1.